The van der Waals surface area contributed by atoms with Crippen LogP contribution in [0.1, 0.15) is 55.1 Å². The van der Waals surface area contributed by atoms with Crippen molar-refractivity contribution >= 4 is 28.7 Å². The number of fused-ring (bicyclic) bond motifs is 1. The lowest BCUT2D eigenvalue weighted by molar-refractivity contribution is 0.0815. The lowest BCUT2D eigenvalue weighted by atomic mass is 10.1. The molecule has 174 valence electrons. The van der Waals surface area contributed by atoms with Gasteiger partial charge >= 0.3 is 0 Å². The molecule has 2 fully saturated rings. The molecule has 5 rings (SSSR count). The van der Waals surface area contributed by atoms with Gasteiger partial charge in [-0.2, -0.15) is 4.98 Å². The fraction of sp³-hybridized carbons (Fsp3) is 0.500. The summed E-state index contributed by atoms with van der Waals surface area (Å²) in [6.07, 6.45) is 10.1. The Morgan fingerprint density at radius 1 is 1.06 bits per heavy atom. The van der Waals surface area contributed by atoms with E-state index in [1.807, 2.05) is 36.7 Å². The van der Waals surface area contributed by atoms with Crippen molar-refractivity contribution in [1.82, 2.24) is 35.3 Å². The van der Waals surface area contributed by atoms with Crippen molar-refractivity contribution in [2.75, 3.05) is 32.1 Å². The van der Waals surface area contributed by atoms with Crippen LogP contribution >= 0.6 is 0 Å². The molecule has 1 saturated carbocycles. The molecule has 0 aromatic carbocycles. The summed E-state index contributed by atoms with van der Waals surface area (Å²) in [5.41, 5.74) is 8.04. The van der Waals surface area contributed by atoms with Crippen LogP contribution < -0.4 is 15.8 Å². The lowest BCUT2D eigenvalue weighted by Gasteiger charge is -2.30. The van der Waals surface area contributed by atoms with Gasteiger partial charge in [-0.1, -0.05) is 18.9 Å². The number of nitrogens with one attached hydrogen (secondary N) is 2. The van der Waals surface area contributed by atoms with Gasteiger partial charge in [0.05, 0.1) is 0 Å². The van der Waals surface area contributed by atoms with E-state index in [1.54, 1.807) is 19.0 Å². The molecule has 0 bridgehead atoms. The number of hydrazine groups is 1. The highest BCUT2D eigenvalue weighted by molar-refractivity contribution is 5.98. The second-order valence-electron chi connectivity index (χ2n) is 9.13. The Hall–Kier alpha value is -3.04. The molecule has 33 heavy (non-hydrogen) atoms. The van der Waals surface area contributed by atoms with Gasteiger partial charge in [0.25, 0.3) is 5.91 Å². The van der Waals surface area contributed by atoms with E-state index in [2.05, 4.69) is 25.3 Å². The Balaban J connectivity index is 1.64. The van der Waals surface area contributed by atoms with E-state index in [-0.39, 0.29) is 11.9 Å². The molecule has 0 spiro atoms. The van der Waals surface area contributed by atoms with Crippen LogP contribution in [0.15, 0.2) is 36.7 Å². The molecular weight excluding hydrogens is 416 g/mol. The van der Waals surface area contributed by atoms with E-state index < -0.39 is 0 Å². The average Bonchev–Trinajstić information content (AvgIpc) is 3.40. The van der Waals surface area contributed by atoms with Crippen LogP contribution in [0, 0.1) is 0 Å². The summed E-state index contributed by atoms with van der Waals surface area (Å²) in [4.78, 5) is 31.3. The van der Waals surface area contributed by atoms with Gasteiger partial charge in [-0.25, -0.2) is 9.97 Å². The summed E-state index contributed by atoms with van der Waals surface area (Å²) in [6.45, 7) is 1.71. The van der Waals surface area contributed by atoms with Gasteiger partial charge in [0.15, 0.2) is 0 Å². The molecule has 3 aromatic rings. The molecule has 2 N–H and O–H groups in total. The summed E-state index contributed by atoms with van der Waals surface area (Å²) in [7, 11) is 3.60. The standard InChI is InChI=1S/C24H32N8O/c1-30(2)23(33)20-15-17-16-26-24(29-22(17)31(20)18-7-3-4-8-18)32(21-9-5-6-12-25-21)19-10-13-27-28-14-11-19/h5-6,9,12,15-16,18-19,27-28H,3-4,7-8,10-11,13-14H2,1-2H3. The van der Waals surface area contributed by atoms with E-state index in [0.29, 0.717) is 17.7 Å². The molecule has 0 atom stereocenters. The van der Waals surface area contributed by atoms with Crippen molar-refractivity contribution in [3.8, 4) is 0 Å². The maximum Gasteiger partial charge on any atom is 0.270 e. The maximum atomic E-state index is 13.0. The van der Waals surface area contributed by atoms with Crippen LogP contribution in [0.5, 0.6) is 0 Å². The third kappa shape index (κ3) is 4.30. The topological polar surface area (TPSA) is 91.2 Å². The highest BCUT2D eigenvalue weighted by atomic mass is 16.2. The molecule has 0 radical (unpaired) electrons. The third-order valence-electron chi connectivity index (χ3n) is 6.69. The number of pyridine rings is 1. The van der Waals surface area contributed by atoms with Crippen LogP contribution in [0.25, 0.3) is 11.0 Å². The molecule has 9 nitrogen and oxygen atoms in total. The van der Waals surface area contributed by atoms with Crippen LogP contribution in [-0.4, -0.2) is 63.6 Å². The number of carbonyl (C=O) groups is 1. The minimum atomic E-state index is 0.00366. The van der Waals surface area contributed by atoms with Crippen molar-refractivity contribution in [1.29, 1.82) is 0 Å². The van der Waals surface area contributed by atoms with Crippen molar-refractivity contribution in [2.45, 2.75) is 50.6 Å². The van der Waals surface area contributed by atoms with E-state index in [1.165, 1.54) is 12.8 Å². The van der Waals surface area contributed by atoms with E-state index in [4.69, 9.17) is 9.97 Å². The zero-order valence-electron chi connectivity index (χ0n) is 19.4. The van der Waals surface area contributed by atoms with Gasteiger partial charge in [-0.3, -0.25) is 20.5 Å². The van der Waals surface area contributed by atoms with Gasteiger partial charge in [-0.15, -0.1) is 0 Å². The van der Waals surface area contributed by atoms with Crippen LogP contribution in [-0.2, 0) is 0 Å². The number of amides is 1. The summed E-state index contributed by atoms with van der Waals surface area (Å²) >= 11 is 0. The quantitative estimate of drug-likeness (QED) is 0.620. The summed E-state index contributed by atoms with van der Waals surface area (Å²) in [6, 6.07) is 8.37. The third-order valence-corrected chi connectivity index (χ3v) is 6.69. The van der Waals surface area contributed by atoms with Crippen molar-refractivity contribution in [3.05, 3.63) is 42.4 Å². The van der Waals surface area contributed by atoms with Gasteiger partial charge in [-0.05, 0) is 43.9 Å². The molecule has 0 unspecified atom stereocenters. The minimum Gasteiger partial charge on any atom is -0.343 e. The predicted molar refractivity (Wildman–Crippen MR) is 128 cm³/mol. The fourth-order valence-electron chi connectivity index (χ4n) is 5.05. The molecule has 2 aliphatic rings. The largest absolute Gasteiger partial charge is 0.343 e. The number of rotatable bonds is 5. The molecular formula is C24H32N8O. The second-order valence-corrected chi connectivity index (χ2v) is 9.13. The highest BCUT2D eigenvalue weighted by Gasteiger charge is 2.29. The summed E-state index contributed by atoms with van der Waals surface area (Å²) < 4.78 is 2.17. The lowest BCUT2D eigenvalue weighted by Crippen LogP contribution is -2.34. The van der Waals surface area contributed by atoms with E-state index >= 15 is 0 Å². The molecule has 9 heteroatoms. The molecule has 1 aliphatic heterocycles. The monoisotopic (exact) mass is 448 g/mol. The first kappa shape index (κ1) is 21.8. The molecule has 1 saturated heterocycles. The molecule has 1 amide bonds. The first-order valence-corrected chi connectivity index (χ1v) is 11.9. The molecule has 3 aromatic heterocycles. The Kier molecular flexibility index (Phi) is 6.24. The Labute approximate surface area is 194 Å². The van der Waals surface area contributed by atoms with Crippen molar-refractivity contribution in [2.24, 2.45) is 0 Å². The number of anilines is 2. The number of nitrogens with zero attached hydrogens (tertiary/aromatic N) is 6. The van der Waals surface area contributed by atoms with E-state index in [0.717, 1.165) is 55.6 Å². The number of carbonyl (C=O) groups excluding carboxylic acids is 1. The highest BCUT2D eigenvalue weighted by Crippen LogP contribution is 2.36. The first-order valence-electron chi connectivity index (χ1n) is 11.9. The fourth-order valence-corrected chi connectivity index (χ4v) is 5.05. The molecule has 1 aliphatic carbocycles. The maximum absolute atomic E-state index is 13.0. The Morgan fingerprint density at radius 2 is 1.82 bits per heavy atom. The summed E-state index contributed by atoms with van der Waals surface area (Å²) in [5.74, 6) is 1.48. The number of hydrogen-bond donors (Lipinski definition) is 2. The van der Waals surface area contributed by atoms with Crippen molar-refractivity contribution in [3.63, 3.8) is 0 Å². The predicted octanol–water partition coefficient (Wildman–Crippen LogP) is 3.04. The zero-order chi connectivity index (χ0) is 22.8. The van der Waals surface area contributed by atoms with Crippen LogP contribution in [0.4, 0.5) is 11.8 Å². The van der Waals surface area contributed by atoms with E-state index in [9.17, 15) is 4.79 Å². The second kappa shape index (κ2) is 9.44. The first-order chi connectivity index (χ1) is 16.1. The Morgan fingerprint density at radius 3 is 2.48 bits per heavy atom. The van der Waals surface area contributed by atoms with Crippen LogP contribution in [0.3, 0.4) is 0 Å². The Bertz CT molecular complexity index is 1100. The summed E-state index contributed by atoms with van der Waals surface area (Å²) in [5, 5.41) is 0.904. The van der Waals surface area contributed by atoms with Gasteiger partial charge < -0.3 is 9.47 Å². The van der Waals surface area contributed by atoms with Gasteiger partial charge in [0, 0.05) is 57.0 Å². The smallest absolute Gasteiger partial charge is 0.270 e. The number of aromatic nitrogens is 4. The number of hydrogen-bond acceptors (Lipinski definition) is 7. The van der Waals surface area contributed by atoms with Crippen LogP contribution in [0.2, 0.25) is 0 Å². The zero-order valence-corrected chi connectivity index (χ0v) is 19.4. The SMILES string of the molecule is CN(C)C(=O)c1cc2cnc(N(c3ccccn3)C3CCNNCC3)nc2n1C1CCCC1. The normalized spacial score (nSPS) is 17.9. The molecule has 4 heterocycles. The van der Waals surface area contributed by atoms with Gasteiger partial charge in [0.1, 0.15) is 17.2 Å². The van der Waals surface area contributed by atoms with Gasteiger partial charge in [0.2, 0.25) is 5.95 Å². The average molecular weight is 449 g/mol. The van der Waals surface area contributed by atoms with Crippen molar-refractivity contribution < 1.29 is 4.79 Å². The minimum absolute atomic E-state index is 0.00366.